The molecule has 1 unspecified atom stereocenters. The minimum atomic E-state index is 0.431. The zero-order valence-corrected chi connectivity index (χ0v) is 12.0. The molecule has 1 heterocycles. The molecule has 1 atom stereocenters. The minimum Gasteiger partial charge on any atom is -0.342 e. The Morgan fingerprint density at radius 1 is 1.28 bits per heavy atom. The van der Waals surface area contributed by atoms with E-state index in [1.54, 1.807) is 0 Å². The summed E-state index contributed by atoms with van der Waals surface area (Å²) >= 11 is 0. The summed E-state index contributed by atoms with van der Waals surface area (Å²) in [5.74, 6) is 1.67. The van der Waals surface area contributed by atoms with Crippen molar-refractivity contribution in [2.24, 2.45) is 5.92 Å². The van der Waals surface area contributed by atoms with Crippen molar-refractivity contribution in [3.8, 4) is 0 Å². The molecule has 0 bridgehead atoms. The molecule has 0 aliphatic heterocycles. The van der Waals surface area contributed by atoms with Crippen LogP contribution in [0.3, 0.4) is 0 Å². The Kier molecular flexibility index (Phi) is 3.71. The van der Waals surface area contributed by atoms with E-state index in [4.69, 9.17) is 0 Å². The van der Waals surface area contributed by atoms with E-state index in [1.165, 1.54) is 5.56 Å². The zero-order chi connectivity index (χ0) is 13.3. The van der Waals surface area contributed by atoms with Crippen molar-refractivity contribution in [1.82, 2.24) is 14.9 Å². The van der Waals surface area contributed by atoms with Crippen LogP contribution in [0.2, 0.25) is 0 Å². The van der Waals surface area contributed by atoms with Gasteiger partial charge in [0.25, 0.3) is 0 Å². The number of fused-ring (bicyclic) bond motifs is 1. The van der Waals surface area contributed by atoms with Crippen LogP contribution in [0, 0.1) is 12.8 Å². The number of H-pyrrole nitrogens is 1. The quantitative estimate of drug-likeness (QED) is 0.893. The van der Waals surface area contributed by atoms with Gasteiger partial charge in [-0.05, 0) is 44.5 Å². The van der Waals surface area contributed by atoms with Gasteiger partial charge in [0.15, 0.2) is 0 Å². The Morgan fingerprint density at radius 2 is 2.00 bits per heavy atom. The van der Waals surface area contributed by atoms with Gasteiger partial charge in [0.1, 0.15) is 5.82 Å². The number of nitrogens with zero attached hydrogens (tertiary/aromatic N) is 2. The summed E-state index contributed by atoms with van der Waals surface area (Å²) in [5.41, 5.74) is 3.53. The summed E-state index contributed by atoms with van der Waals surface area (Å²) in [7, 11) is 2.19. The van der Waals surface area contributed by atoms with Crippen molar-refractivity contribution in [2.75, 3.05) is 13.6 Å². The first-order valence-corrected chi connectivity index (χ1v) is 6.64. The highest BCUT2D eigenvalue weighted by atomic mass is 15.1. The van der Waals surface area contributed by atoms with Gasteiger partial charge in [-0.25, -0.2) is 4.98 Å². The summed E-state index contributed by atoms with van der Waals surface area (Å²) in [6.07, 6.45) is 0. The average Bonchev–Trinajstić information content (AvgIpc) is 2.65. The van der Waals surface area contributed by atoms with Crippen LogP contribution in [0.4, 0.5) is 0 Å². The first-order chi connectivity index (χ1) is 8.47. The molecule has 3 nitrogen and oxygen atoms in total. The number of nitrogens with one attached hydrogen (secondary N) is 1. The molecule has 0 saturated heterocycles. The highest BCUT2D eigenvalue weighted by Crippen LogP contribution is 2.23. The summed E-state index contributed by atoms with van der Waals surface area (Å²) in [4.78, 5) is 10.1. The average molecular weight is 245 g/mol. The molecular formula is C15H23N3. The van der Waals surface area contributed by atoms with Crippen LogP contribution in [-0.2, 0) is 0 Å². The highest BCUT2D eigenvalue weighted by molar-refractivity contribution is 5.75. The summed E-state index contributed by atoms with van der Waals surface area (Å²) in [6.45, 7) is 9.87. The minimum absolute atomic E-state index is 0.431. The van der Waals surface area contributed by atoms with Crippen LogP contribution in [0.1, 0.15) is 38.2 Å². The number of rotatable bonds is 4. The molecule has 0 amide bonds. The van der Waals surface area contributed by atoms with Crippen LogP contribution in [0.5, 0.6) is 0 Å². The smallest absolute Gasteiger partial charge is 0.104 e. The molecule has 0 aliphatic rings. The Hall–Kier alpha value is -1.35. The molecule has 3 heteroatoms. The standard InChI is InChI=1S/C15H23N3/c1-10(2)9-18(5)11(3)13-6-7-14-15(8-13)17-12(4)16-14/h6-8,10-11H,9H2,1-5H3,(H,16,17). The van der Waals surface area contributed by atoms with Gasteiger partial charge >= 0.3 is 0 Å². The fraction of sp³-hybridized carbons (Fsp3) is 0.533. The molecule has 2 aromatic rings. The highest BCUT2D eigenvalue weighted by Gasteiger charge is 2.13. The number of aryl methyl sites for hydroxylation is 1. The number of hydrogen-bond acceptors (Lipinski definition) is 2. The second kappa shape index (κ2) is 5.11. The van der Waals surface area contributed by atoms with E-state index in [2.05, 4.69) is 60.9 Å². The molecule has 98 valence electrons. The zero-order valence-electron chi connectivity index (χ0n) is 12.0. The third-order valence-electron chi connectivity index (χ3n) is 3.42. The monoisotopic (exact) mass is 245 g/mol. The Morgan fingerprint density at radius 3 is 2.67 bits per heavy atom. The molecule has 0 aliphatic carbocycles. The first-order valence-electron chi connectivity index (χ1n) is 6.64. The molecule has 0 radical (unpaired) electrons. The van der Waals surface area contributed by atoms with Crippen molar-refractivity contribution in [3.05, 3.63) is 29.6 Å². The maximum Gasteiger partial charge on any atom is 0.104 e. The van der Waals surface area contributed by atoms with E-state index >= 15 is 0 Å². The normalized spacial score (nSPS) is 13.7. The van der Waals surface area contributed by atoms with E-state index in [1.807, 2.05) is 6.92 Å². The second-order valence-electron chi connectivity index (χ2n) is 5.61. The van der Waals surface area contributed by atoms with Gasteiger partial charge in [0.05, 0.1) is 11.0 Å². The van der Waals surface area contributed by atoms with Crippen LogP contribution in [0.25, 0.3) is 11.0 Å². The van der Waals surface area contributed by atoms with Crippen molar-refractivity contribution in [2.45, 2.75) is 33.7 Å². The van der Waals surface area contributed by atoms with E-state index in [-0.39, 0.29) is 0 Å². The molecule has 18 heavy (non-hydrogen) atoms. The molecule has 2 rings (SSSR count). The number of imidazole rings is 1. The van der Waals surface area contributed by atoms with E-state index in [0.717, 1.165) is 23.4 Å². The Labute approximate surface area is 109 Å². The lowest BCUT2D eigenvalue weighted by atomic mass is 10.1. The lowest BCUT2D eigenvalue weighted by molar-refractivity contribution is 0.233. The number of aromatic amines is 1. The van der Waals surface area contributed by atoms with Crippen molar-refractivity contribution < 1.29 is 0 Å². The second-order valence-corrected chi connectivity index (χ2v) is 5.61. The SMILES string of the molecule is Cc1nc2ccc(C(C)N(C)CC(C)C)cc2[nH]1. The Bertz CT molecular complexity index is 528. The van der Waals surface area contributed by atoms with Gasteiger partial charge in [-0.3, -0.25) is 4.90 Å². The van der Waals surface area contributed by atoms with Crippen molar-refractivity contribution in [3.63, 3.8) is 0 Å². The molecule has 1 aromatic carbocycles. The first kappa shape index (κ1) is 13.1. The maximum absolute atomic E-state index is 4.44. The molecule has 0 spiro atoms. The predicted octanol–water partition coefficient (Wildman–Crippen LogP) is 3.52. The molecular weight excluding hydrogens is 222 g/mol. The third-order valence-corrected chi connectivity index (χ3v) is 3.42. The van der Waals surface area contributed by atoms with Gasteiger partial charge in [-0.15, -0.1) is 0 Å². The predicted molar refractivity (Wildman–Crippen MR) is 76.7 cm³/mol. The van der Waals surface area contributed by atoms with Crippen LogP contribution < -0.4 is 0 Å². The van der Waals surface area contributed by atoms with Gasteiger partial charge in [-0.2, -0.15) is 0 Å². The maximum atomic E-state index is 4.44. The van der Waals surface area contributed by atoms with Gasteiger partial charge < -0.3 is 4.98 Å². The summed E-state index contributed by atoms with van der Waals surface area (Å²) < 4.78 is 0. The molecule has 0 saturated carbocycles. The summed E-state index contributed by atoms with van der Waals surface area (Å²) in [6, 6.07) is 6.94. The van der Waals surface area contributed by atoms with Crippen molar-refractivity contribution >= 4 is 11.0 Å². The third kappa shape index (κ3) is 2.72. The lowest BCUT2D eigenvalue weighted by Crippen LogP contribution is -2.26. The van der Waals surface area contributed by atoms with Gasteiger partial charge in [0.2, 0.25) is 0 Å². The van der Waals surface area contributed by atoms with Crippen molar-refractivity contribution in [1.29, 1.82) is 0 Å². The topological polar surface area (TPSA) is 31.9 Å². The Balaban J connectivity index is 2.24. The van der Waals surface area contributed by atoms with E-state index in [9.17, 15) is 0 Å². The van der Waals surface area contributed by atoms with Crippen LogP contribution >= 0.6 is 0 Å². The number of benzene rings is 1. The van der Waals surface area contributed by atoms with E-state index < -0.39 is 0 Å². The van der Waals surface area contributed by atoms with Crippen LogP contribution in [0.15, 0.2) is 18.2 Å². The van der Waals surface area contributed by atoms with Crippen LogP contribution in [-0.4, -0.2) is 28.5 Å². The summed E-state index contributed by atoms with van der Waals surface area (Å²) in [5, 5.41) is 0. The largest absolute Gasteiger partial charge is 0.342 e. The van der Waals surface area contributed by atoms with Gasteiger partial charge in [-0.1, -0.05) is 19.9 Å². The molecule has 1 aromatic heterocycles. The molecule has 0 fully saturated rings. The lowest BCUT2D eigenvalue weighted by Gasteiger charge is -2.26. The molecule has 1 N–H and O–H groups in total. The fourth-order valence-corrected chi connectivity index (χ4v) is 2.40. The van der Waals surface area contributed by atoms with Gasteiger partial charge in [0, 0.05) is 12.6 Å². The number of aromatic nitrogens is 2. The number of hydrogen-bond donors (Lipinski definition) is 1. The van der Waals surface area contributed by atoms with E-state index in [0.29, 0.717) is 12.0 Å². The fourth-order valence-electron chi connectivity index (χ4n) is 2.40.